The van der Waals surface area contributed by atoms with Crippen LogP contribution in [-0.4, -0.2) is 29.3 Å². The minimum absolute atomic E-state index is 0.164. The van der Waals surface area contributed by atoms with Crippen LogP contribution < -0.4 is 4.74 Å². The van der Waals surface area contributed by atoms with Crippen molar-refractivity contribution in [3.63, 3.8) is 0 Å². The van der Waals surface area contributed by atoms with Gasteiger partial charge in [-0.1, -0.05) is 12.1 Å². The number of nitrogens with zero attached hydrogens (tertiary/aromatic N) is 1. The Morgan fingerprint density at radius 2 is 2.06 bits per heavy atom. The fraction of sp³-hybridized carbons (Fsp3) is 0.250. The highest BCUT2D eigenvalue weighted by molar-refractivity contribution is 5.90. The summed E-state index contributed by atoms with van der Waals surface area (Å²) in [5.41, 5.74) is 0.955. The molecule has 1 aromatic rings. The van der Waals surface area contributed by atoms with Gasteiger partial charge in [0.1, 0.15) is 12.0 Å². The van der Waals surface area contributed by atoms with E-state index in [0.29, 0.717) is 6.54 Å². The molecule has 0 aliphatic carbocycles. The summed E-state index contributed by atoms with van der Waals surface area (Å²) in [4.78, 5) is 12.8. The highest BCUT2D eigenvalue weighted by Crippen LogP contribution is 2.16. The van der Waals surface area contributed by atoms with Crippen molar-refractivity contribution in [1.29, 1.82) is 0 Å². The molecule has 0 radical (unpaired) electrons. The molecule has 2 rings (SSSR count). The smallest absolute Gasteiger partial charge is 0.248 e. The molecule has 16 heavy (non-hydrogen) atoms. The van der Waals surface area contributed by atoms with Crippen LogP contribution in [0.1, 0.15) is 5.56 Å². The van der Waals surface area contributed by atoms with Crippen LogP contribution in [0.4, 0.5) is 0 Å². The standard InChI is InChI=1S/C12H13NO3/c1-16-10-4-2-9(3-5-10)8-13-11(14)6-7-12(13)15/h2-7,11,14H,8H2,1H3/t11-/m1/s1. The zero-order valence-electron chi connectivity index (χ0n) is 8.96. The van der Waals surface area contributed by atoms with Crippen LogP contribution in [0.25, 0.3) is 0 Å². The highest BCUT2D eigenvalue weighted by atomic mass is 16.5. The molecule has 84 valence electrons. The highest BCUT2D eigenvalue weighted by Gasteiger charge is 2.23. The first-order valence-electron chi connectivity index (χ1n) is 5.00. The maximum atomic E-state index is 11.4. The van der Waals surface area contributed by atoms with Crippen LogP contribution in [0.2, 0.25) is 0 Å². The van der Waals surface area contributed by atoms with Crippen molar-refractivity contribution >= 4 is 5.91 Å². The lowest BCUT2D eigenvalue weighted by Gasteiger charge is -2.20. The zero-order valence-corrected chi connectivity index (χ0v) is 8.96. The van der Waals surface area contributed by atoms with Crippen molar-refractivity contribution in [1.82, 2.24) is 4.90 Å². The number of aliphatic hydroxyl groups is 1. The number of benzene rings is 1. The van der Waals surface area contributed by atoms with Crippen LogP contribution in [0, 0.1) is 0 Å². The molecule has 1 aromatic carbocycles. The first-order valence-corrected chi connectivity index (χ1v) is 5.00. The van der Waals surface area contributed by atoms with Gasteiger partial charge in [-0.15, -0.1) is 0 Å². The van der Waals surface area contributed by atoms with E-state index in [1.165, 1.54) is 17.1 Å². The fourth-order valence-electron chi connectivity index (χ4n) is 1.60. The Labute approximate surface area is 93.8 Å². The van der Waals surface area contributed by atoms with Gasteiger partial charge >= 0.3 is 0 Å². The molecule has 0 saturated carbocycles. The summed E-state index contributed by atoms with van der Waals surface area (Å²) >= 11 is 0. The predicted molar refractivity (Wildman–Crippen MR) is 58.7 cm³/mol. The van der Waals surface area contributed by atoms with E-state index >= 15 is 0 Å². The van der Waals surface area contributed by atoms with E-state index < -0.39 is 6.23 Å². The fourth-order valence-corrected chi connectivity index (χ4v) is 1.60. The van der Waals surface area contributed by atoms with Gasteiger partial charge in [0, 0.05) is 12.6 Å². The number of amides is 1. The number of rotatable bonds is 3. The third-order valence-corrected chi connectivity index (χ3v) is 2.53. The third kappa shape index (κ3) is 2.06. The quantitative estimate of drug-likeness (QED) is 0.822. The van der Waals surface area contributed by atoms with E-state index in [4.69, 9.17) is 4.74 Å². The van der Waals surface area contributed by atoms with Crippen LogP contribution in [0.15, 0.2) is 36.4 Å². The molecule has 4 heteroatoms. The molecular weight excluding hydrogens is 206 g/mol. The van der Waals surface area contributed by atoms with Gasteiger partial charge in [0.05, 0.1) is 7.11 Å². The number of hydrogen-bond donors (Lipinski definition) is 1. The lowest BCUT2D eigenvalue weighted by molar-refractivity contribution is -0.131. The zero-order chi connectivity index (χ0) is 11.5. The summed E-state index contributed by atoms with van der Waals surface area (Å²) in [7, 11) is 1.60. The number of carbonyl (C=O) groups excluding carboxylic acids is 1. The average Bonchev–Trinajstić information content (AvgIpc) is 2.62. The first kappa shape index (κ1) is 10.7. The summed E-state index contributed by atoms with van der Waals surface area (Å²) in [6.07, 6.45) is 2.05. The molecule has 0 bridgehead atoms. The Hall–Kier alpha value is -1.81. The van der Waals surface area contributed by atoms with E-state index in [1.54, 1.807) is 7.11 Å². The molecule has 4 nitrogen and oxygen atoms in total. The third-order valence-electron chi connectivity index (χ3n) is 2.53. The van der Waals surface area contributed by atoms with Gasteiger partial charge < -0.3 is 14.7 Å². The Morgan fingerprint density at radius 3 is 2.56 bits per heavy atom. The molecule has 1 amide bonds. The predicted octanol–water partition coefficient (Wildman–Crippen LogP) is 0.912. The lowest BCUT2D eigenvalue weighted by atomic mass is 10.2. The van der Waals surface area contributed by atoms with E-state index in [9.17, 15) is 9.90 Å². The summed E-state index contributed by atoms with van der Waals surface area (Å²) < 4.78 is 5.04. The largest absolute Gasteiger partial charge is 0.497 e. The number of ether oxygens (including phenoxy) is 1. The second-order valence-electron chi connectivity index (χ2n) is 3.59. The number of hydrogen-bond acceptors (Lipinski definition) is 3. The van der Waals surface area contributed by atoms with Crippen LogP contribution >= 0.6 is 0 Å². The lowest BCUT2D eigenvalue weighted by Crippen LogP contribution is -2.32. The van der Waals surface area contributed by atoms with E-state index in [0.717, 1.165) is 11.3 Å². The molecular formula is C12H13NO3. The van der Waals surface area contributed by atoms with E-state index in [2.05, 4.69) is 0 Å². The second kappa shape index (κ2) is 4.37. The first-order chi connectivity index (χ1) is 7.70. The van der Waals surface area contributed by atoms with Gasteiger partial charge in [0.25, 0.3) is 0 Å². The van der Waals surface area contributed by atoms with Gasteiger partial charge in [0.15, 0.2) is 0 Å². The van der Waals surface area contributed by atoms with Gasteiger partial charge in [-0.2, -0.15) is 0 Å². The molecule has 1 atom stereocenters. The Bertz CT molecular complexity index is 411. The van der Waals surface area contributed by atoms with Gasteiger partial charge in [0.2, 0.25) is 5.91 Å². The minimum atomic E-state index is -0.811. The van der Waals surface area contributed by atoms with Crippen molar-refractivity contribution in [3.8, 4) is 5.75 Å². The van der Waals surface area contributed by atoms with Gasteiger partial charge in [-0.05, 0) is 23.8 Å². The number of methoxy groups -OCH3 is 1. The minimum Gasteiger partial charge on any atom is -0.497 e. The SMILES string of the molecule is COc1ccc(CN2C(=O)C=C[C@H]2O)cc1. The average molecular weight is 219 g/mol. The molecule has 1 aliphatic rings. The van der Waals surface area contributed by atoms with Crippen molar-refractivity contribution < 1.29 is 14.6 Å². The number of aliphatic hydroxyl groups excluding tert-OH is 1. The molecule has 1 N–H and O–H groups in total. The van der Waals surface area contributed by atoms with Crippen molar-refractivity contribution in [2.24, 2.45) is 0 Å². The van der Waals surface area contributed by atoms with Gasteiger partial charge in [-0.3, -0.25) is 4.79 Å². The monoisotopic (exact) mass is 219 g/mol. The maximum Gasteiger partial charge on any atom is 0.248 e. The molecule has 0 fully saturated rings. The maximum absolute atomic E-state index is 11.4. The molecule has 0 spiro atoms. The molecule has 0 unspecified atom stereocenters. The summed E-state index contributed by atoms with van der Waals surface area (Å²) in [6.45, 7) is 0.400. The Morgan fingerprint density at radius 1 is 1.38 bits per heavy atom. The van der Waals surface area contributed by atoms with E-state index in [-0.39, 0.29) is 5.91 Å². The summed E-state index contributed by atoms with van der Waals surface area (Å²) in [5, 5.41) is 9.52. The normalized spacial score (nSPS) is 19.2. The van der Waals surface area contributed by atoms with Crippen molar-refractivity contribution in [2.75, 3.05) is 7.11 Å². The Kier molecular flexibility index (Phi) is 2.92. The molecule has 1 aliphatic heterocycles. The molecule has 0 saturated heterocycles. The topological polar surface area (TPSA) is 49.8 Å². The van der Waals surface area contributed by atoms with Crippen molar-refractivity contribution in [3.05, 3.63) is 42.0 Å². The summed E-state index contributed by atoms with van der Waals surface area (Å²) in [6, 6.07) is 7.40. The molecule has 0 aromatic heterocycles. The van der Waals surface area contributed by atoms with E-state index in [1.807, 2.05) is 24.3 Å². The van der Waals surface area contributed by atoms with Crippen LogP contribution in [-0.2, 0) is 11.3 Å². The van der Waals surface area contributed by atoms with Crippen LogP contribution in [0.5, 0.6) is 5.75 Å². The van der Waals surface area contributed by atoms with Crippen molar-refractivity contribution in [2.45, 2.75) is 12.8 Å². The Balaban J connectivity index is 2.06. The van der Waals surface area contributed by atoms with Gasteiger partial charge in [-0.25, -0.2) is 0 Å². The second-order valence-corrected chi connectivity index (χ2v) is 3.59. The van der Waals surface area contributed by atoms with Crippen LogP contribution in [0.3, 0.4) is 0 Å². The number of carbonyl (C=O) groups is 1. The summed E-state index contributed by atoms with van der Waals surface area (Å²) in [5.74, 6) is 0.610. The molecule has 1 heterocycles.